The van der Waals surface area contributed by atoms with Crippen molar-refractivity contribution in [1.82, 2.24) is 25.7 Å². The van der Waals surface area contributed by atoms with Crippen molar-refractivity contribution in [3.05, 3.63) is 52.9 Å². The number of rotatable bonds is 9. The molecular weight excluding hydrogens is 578 g/mol. The smallest absolute Gasteiger partial charge is 0.254 e. The molecule has 3 fully saturated rings. The van der Waals surface area contributed by atoms with Gasteiger partial charge >= 0.3 is 0 Å². The maximum Gasteiger partial charge on any atom is 0.254 e. The van der Waals surface area contributed by atoms with Gasteiger partial charge in [0, 0.05) is 19.0 Å². The molecule has 1 aliphatic carbocycles. The van der Waals surface area contributed by atoms with Crippen LogP contribution in [0.5, 0.6) is 5.88 Å². The van der Waals surface area contributed by atoms with E-state index in [0.29, 0.717) is 17.1 Å². The Bertz CT molecular complexity index is 1460. The number of thiazole rings is 1. The Morgan fingerprint density at radius 1 is 1.18 bits per heavy atom. The van der Waals surface area contributed by atoms with Crippen LogP contribution in [0.25, 0.3) is 10.4 Å². The molecule has 1 spiro atoms. The number of carbonyl (C=O) groups excluding carboxylic acids is 2. The zero-order chi connectivity index (χ0) is 31.0. The Labute approximate surface area is 262 Å². The van der Waals surface area contributed by atoms with Gasteiger partial charge in [0.15, 0.2) is 5.76 Å². The lowest BCUT2D eigenvalue weighted by molar-refractivity contribution is -0.141. The van der Waals surface area contributed by atoms with Crippen molar-refractivity contribution >= 4 is 23.2 Å². The molecule has 3 aromatic rings. The second kappa shape index (κ2) is 12.6. The molecule has 10 nitrogen and oxygen atoms in total. The molecule has 0 bridgehead atoms. The molecule has 1 saturated carbocycles. The molecule has 3 N–H and O–H groups in total. The lowest BCUT2D eigenvalue weighted by atomic mass is 9.62. The van der Waals surface area contributed by atoms with Gasteiger partial charge in [0.25, 0.3) is 5.88 Å². The van der Waals surface area contributed by atoms with E-state index in [-0.39, 0.29) is 42.8 Å². The van der Waals surface area contributed by atoms with Crippen molar-refractivity contribution in [2.75, 3.05) is 19.6 Å². The van der Waals surface area contributed by atoms with Crippen LogP contribution >= 0.6 is 11.3 Å². The van der Waals surface area contributed by atoms with E-state index in [4.69, 9.17) is 9.26 Å². The number of amides is 2. The van der Waals surface area contributed by atoms with Gasteiger partial charge in [-0.2, -0.15) is 0 Å². The molecule has 11 heteroatoms. The Morgan fingerprint density at radius 3 is 2.57 bits per heavy atom. The maximum absolute atomic E-state index is 14.0. The number of nitrogens with zero attached hydrogens (tertiary/aromatic N) is 3. The quantitative estimate of drug-likeness (QED) is 0.316. The second-order valence-electron chi connectivity index (χ2n) is 13.2. The van der Waals surface area contributed by atoms with Gasteiger partial charge < -0.3 is 29.9 Å². The Kier molecular flexibility index (Phi) is 8.81. The van der Waals surface area contributed by atoms with Gasteiger partial charge in [-0.05, 0) is 80.2 Å². The number of aryl methyl sites for hydroxylation is 1. The summed E-state index contributed by atoms with van der Waals surface area (Å²) in [5.41, 5.74) is 5.25. The largest absolute Gasteiger partial charge is 0.472 e. The molecular formula is C33H43N5O5S. The van der Waals surface area contributed by atoms with E-state index in [1.807, 2.05) is 57.5 Å². The van der Waals surface area contributed by atoms with Crippen molar-refractivity contribution < 1.29 is 24.0 Å². The summed E-state index contributed by atoms with van der Waals surface area (Å²) in [6.45, 7) is 10.0. The first-order chi connectivity index (χ1) is 21.1. The Balaban J connectivity index is 1.10. The normalized spacial score (nSPS) is 23.0. The first-order valence-electron chi connectivity index (χ1n) is 15.8. The van der Waals surface area contributed by atoms with Crippen LogP contribution in [0.3, 0.4) is 0 Å². The van der Waals surface area contributed by atoms with E-state index in [1.54, 1.807) is 17.4 Å². The fourth-order valence-corrected chi connectivity index (χ4v) is 7.93. The molecule has 3 aliphatic rings. The fourth-order valence-electron chi connectivity index (χ4n) is 7.11. The highest BCUT2D eigenvalue weighted by molar-refractivity contribution is 7.13. The summed E-state index contributed by atoms with van der Waals surface area (Å²) in [6, 6.07) is 8.73. The number of aliphatic hydroxyl groups is 1. The third kappa shape index (κ3) is 6.27. The van der Waals surface area contributed by atoms with Crippen LogP contribution in [0.15, 0.2) is 40.4 Å². The fraction of sp³-hybridized carbons (Fsp3) is 0.576. The minimum atomic E-state index is -0.783. The summed E-state index contributed by atoms with van der Waals surface area (Å²) in [5, 5.41) is 21.2. The highest BCUT2D eigenvalue weighted by Gasteiger charge is 2.47. The van der Waals surface area contributed by atoms with Crippen LogP contribution in [0.4, 0.5) is 0 Å². The van der Waals surface area contributed by atoms with Crippen molar-refractivity contribution in [2.45, 2.75) is 90.0 Å². The van der Waals surface area contributed by atoms with Gasteiger partial charge in [0.05, 0.1) is 28.2 Å². The summed E-state index contributed by atoms with van der Waals surface area (Å²) >= 11 is 1.60. The summed E-state index contributed by atoms with van der Waals surface area (Å²) in [5.74, 6) is -0.502. The third-order valence-electron chi connectivity index (χ3n) is 9.66. The maximum atomic E-state index is 14.0. The van der Waals surface area contributed by atoms with Crippen LogP contribution in [0, 0.1) is 18.3 Å². The number of β-amino-alcohol motifs (C(OH)–C–C–N with tert-alkyl or cyclic N) is 1. The number of piperidine rings is 1. The molecule has 236 valence electrons. The van der Waals surface area contributed by atoms with E-state index < -0.39 is 18.1 Å². The third-order valence-corrected chi connectivity index (χ3v) is 10.6. The summed E-state index contributed by atoms with van der Waals surface area (Å²) < 4.78 is 11.8. The summed E-state index contributed by atoms with van der Waals surface area (Å²) in [6.07, 6.45) is 3.89. The van der Waals surface area contributed by atoms with Gasteiger partial charge in [-0.1, -0.05) is 38.1 Å². The molecule has 2 aliphatic heterocycles. The number of likely N-dealkylation sites (tertiary alicyclic amines) is 1. The van der Waals surface area contributed by atoms with E-state index in [1.165, 1.54) is 17.7 Å². The van der Waals surface area contributed by atoms with Gasteiger partial charge in [-0.3, -0.25) is 9.59 Å². The lowest BCUT2D eigenvalue weighted by Crippen LogP contribution is -2.49. The number of hydrogen-bond acceptors (Lipinski definition) is 9. The summed E-state index contributed by atoms with van der Waals surface area (Å²) in [4.78, 5) is 34.5. The SMILES string of the molecule is Cc1ncsc1-c1ccc(C(C)NC(=O)[C@@H]2C[C@@H](O)CN2C(=O)C(c2cc(OC3CC4(CCNCC4)C3)no2)C(C)C)cc1. The van der Waals surface area contributed by atoms with E-state index in [9.17, 15) is 14.7 Å². The number of carbonyl (C=O) groups is 2. The first-order valence-corrected chi connectivity index (χ1v) is 16.6. The molecule has 6 rings (SSSR count). The lowest BCUT2D eigenvalue weighted by Gasteiger charge is -2.49. The molecule has 1 aromatic carbocycles. The molecule has 0 radical (unpaired) electrons. The topological polar surface area (TPSA) is 130 Å². The average molecular weight is 622 g/mol. The van der Waals surface area contributed by atoms with Crippen LogP contribution in [0.2, 0.25) is 0 Å². The van der Waals surface area contributed by atoms with Crippen LogP contribution in [-0.2, 0) is 9.59 Å². The van der Waals surface area contributed by atoms with E-state index >= 15 is 0 Å². The predicted molar refractivity (Wildman–Crippen MR) is 167 cm³/mol. The van der Waals surface area contributed by atoms with Crippen molar-refractivity contribution in [3.8, 4) is 16.3 Å². The minimum Gasteiger partial charge on any atom is -0.472 e. The van der Waals surface area contributed by atoms with Gasteiger partial charge in [-0.25, -0.2) is 4.98 Å². The number of nitrogens with one attached hydrogen (secondary N) is 2. The number of benzene rings is 1. The molecule has 2 unspecified atom stereocenters. The van der Waals surface area contributed by atoms with Crippen molar-refractivity contribution in [3.63, 3.8) is 0 Å². The minimum absolute atomic E-state index is 0.0912. The van der Waals surface area contributed by atoms with E-state index in [2.05, 4.69) is 20.8 Å². The second-order valence-corrected chi connectivity index (χ2v) is 14.1. The van der Waals surface area contributed by atoms with E-state index in [0.717, 1.165) is 47.6 Å². The average Bonchev–Trinajstić information content (AvgIpc) is 3.73. The number of hydrogen-bond donors (Lipinski definition) is 3. The standard InChI is InChI=1S/C33H43N5O5S/c1-19(2)29(27-14-28(37-43-27)42-25-15-33(16-25)9-11-34-12-10-33)32(41)38-17-24(39)13-26(38)31(40)36-20(3)22-5-7-23(8-6-22)30-21(4)35-18-44-30/h5-8,14,18-20,24-26,29,34,39H,9-13,15-17H2,1-4H3,(H,36,40)/t20?,24-,26+,29?/m1/s1. The molecule has 4 atom stereocenters. The van der Waals surface area contributed by atoms with Crippen molar-refractivity contribution in [1.29, 1.82) is 0 Å². The number of ether oxygens (including phenoxy) is 1. The zero-order valence-corrected chi connectivity index (χ0v) is 26.7. The Morgan fingerprint density at radius 2 is 1.91 bits per heavy atom. The highest BCUT2D eigenvalue weighted by atomic mass is 32.1. The number of aliphatic hydroxyl groups excluding tert-OH is 1. The summed E-state index contributed by atoms with van der Waals surface area (Å²) in [7, 11) is 0. The number of aromatic nitrogens is 2. The van der Waals surface area contributed by atoms with Crippen LogP contribution < -0.4 is 15.4 Å². The van der Waals surface area contributed by atoms with Gasteiger partial charge in [-0.15, -0.1) is 11.3 Å². The van der Waals surface area contributed by atoms with Crippen LogP contribution in [0.1, 0.15) is 81.9 Å². The van der Waals surface area contributed by atoms with Crippen LogP contribution in [-0.4, -0.2) is 69.8 Å². The first kappa shape index (κ1) is 30.7. The zero-order valence-electron chi connectivity index (χ0n) is 25.9. The molecule has 2 saturated heterocycles. The molecule has 4 heterocycles. The van der Waals surface area contributed by atoms with Crippen molar-refractivity contribution in [2.24, 2.45) is 11.3 Å². The Hall–Kier alpha value is -3.28. The highest BCUT2D eigenvalue weighted by Crippen LogP contribution is 2.49. The molecule has 2 aromatic heterocycles. The molecule has 2 amide bonds. The monoisotopic (exact) mass is 621 g/mol. The van der Waals surface area contributed by atoms with Gasteiger partial charge in [0.1, 0.15) is 18.1 Å². The van der Waals surface area contributed by atoms with Gasteiger partial charge in [0.2, 0.25) is 11.8 Å². The molecule has 44 heavy (non-hydrogen) atoms. The predicted octanol–water partition coefficient (Wildman–Crippen LogP) is 4.60.